The van der Waals surface area contributed by atoms with Crippen LogP contribution >= 0.6 is 15.6 Å². The molecule has 2 unspecified atom stereocenters. The highest BCUT2D eigenvalue weighted by molar-refractivity contribution is 7.47. The van der Waals surface area contributed by atoms with Crippen LogP contribution in [0.2, 0.25) is 0 Å². The van der Waals surface area contributed by atoms with Crippen LogP contribution in [-0.4, -0.2) is 96.7 Å². The average Bonchev–Trinajstić information content (AvgIpc) is 0.902. The van der Waals surface area contributed by atoms with Crippen molar-refractivity contribution in [3.05, 3.63) is 0 Å². The molecule has 0 aliphatic rings. The van der Waals surface area contributed by atoms with Gasteiger partial charge in [0.15, 0.2) is 12.2 Å². The van der Waals surface area contributed by atoms with Crippen LogP contribution in [-0.2, 0) is 65.4 Å². The molecule has 3 N–H and O–H groups in total. The first-order chi connectivity index (χ1) is 51.7. The summed E-state index contributed by atoms with van der Waals surface area (Å²) < 4.78 is 69.0. The minimum atomic E-state index is -4.97. The van der Waals surface area contributed by atoms with E-state index < -0.39 is 97.5 Å². The van der Waals surface area contributed by atoms with Crippen LogP contribution in [0, 0.1) is 0 Å². The van der Waals surface area contributed by atoms with Gasteiger partial charge in [-0.1, -0.05) is 426 Å². The second-order valence-electron chi connectivity index (χ2n) is 31.3. The van der Waals surface area contributed by atoms with Gasteiger partial charge in [0, 0.05) is 25.7 Å². The molecule has 0 aromatic rings. The number of carbonyl (C=O) groups is 4. The molecule has 0 fully saturated rings. The Hall–Kier alpha value is -1.94. The molecule has 630 valence electrons. The molecule has 0 saturated carbocycles. The predicted octanol–water partition coefficient (Wildman–Crippen LogP) is 26.9. The van der Waals surface area contributed by atoms with E-state index in [0.717, 1.165) is 89.9 Å². The number of aliphatic hydroxyl groups excluding tert-OH is 1. The Morgan fingerprint density at radius 2 is 0.377 bits per heavy atom. The monoisotopic (exact) mass is 1550 g/mol. The number of rotatable bonds is 88. The summed E-state index contributed by atoms with van der Waals surface area (Å²) in [6.07, 6.45) is 76.3. The highest BCUT2D eigenvalue weighted by Crippen LogP contribution is 2.45. The van der Waals surface area contributed by atoms with Gasteiger partial charge in [-0.15, -0.1) is 0 Å². The number of aliphatic hydroxyl groups is 1. The predicted molar refractivity (Wildman–Crippen MR) is 437 cm³/mol. The van der Waals surface area contributed by atoms with E-state index in [9.17, 15) is 43.2 Å². The van der Waals surface area contributed by atoms with Gasteiger partial charge >= 0.3 is 39.5 Å². The number of unbranched alkanes of at least 4 members (excludes halogenated alkanes) is 62. The number of hydrogen-bond donors (Lipinski definition) is 3. The van der Waals surface area contributed by atoms with E-state index in [-0.39, 0.29) is 25.7 Å². The van der Waals surface area contributed by atoms with Crippen molar-refractivity contribution in [1.29, 1.82) is 0 Å². The number of carbonyl (C=O) groups excluding carboxylic acids is 4. The van der Waals surface area contributed by atoms with Crippen molar-refractivity contribution in [3.8, 4) is 0 Å². The molecule has 0 rings (SSSR count). The van der Waals surface area contributed by atoms with E-state index in [1.807, 2.05) is 0 Å². The fourth-order valence-electron chi connectivity index (χ4n) is 13.7. The van der Waals surface area contributed by atoms with Crippen molar-refractivity contribution in [3.63, 3.8) is 0 Å². The summed E-state index contributed by atoms with van der Waals surface area (Å²) in [5.41, 5.74) is 0. The van der Waals surface area contributed by atoms with Crippen LogP contribution in [0.15, 0.2) is 0 Å². The van der Waals surface area contributed by atoms with E-state index >= 15 is 0 Å². The van der Waals surface area contributed by atoms with Crippen LogP contribution < -0.4 is 0 Å². The lowest BCUT2D eigenvalue weighted by atomic mass is 10.0. The lowest BCUT2D eigenvalue weighted by Crippen LogP contribution is -2.30. The number of phosphoric acid groups is 2. The Morgan fingerprint density at radius 1 is 0.226 bits per heavy atom. The Bertz CT molecular complexity index is 2000. The van der Waals surface area contributed by atoms with E-state index in [4.69, 9.17) is 37.0 Å². The molecular formula is C87H170O17P2. The van der Waals surface area contributed by atoms with Crippen molar-refractivity contribution >= 4 is 39.5 Å². The van der Waals surface area contributed by atoms with Crippen LogP contribution in [0.4, 0.5) is 0 Å². The molecule has 5 atom stereocenters. The Kier molecular flexibility index (Phi) is 79.6. The van der Waals surface area contributed by atoms with Gasteiger partial charge < -0.3 is 33.8 Å². The zero-order valence-electron chi connectivity index (χ0n) is 69.4. The van der Waals surface area contributed by atoms with Gasteiger partial charge in [0.2, 0.25) is 0 Å². The summed E-state index contributed by atoms with van der Waals surface area (Å²) in [6.45, 7) is 5.07. The standard InChI is InChI=1S/C87H170O17P2/c1-5-9-13-17-21-25-29-32-35-38-40-41-44-47-50-54-58-62-66-70-74-87(92)104-83(78-98-85(90)72-68-64-60-56-52-48-45-43-39-36-33-30-26-22-18-14-10-6-2)80-102-106(95,96)100-76-81(88)75-99-105(93,94)101-79-82(77-97-84(89)71-67-63-59-55-51-28-24-20-16-12-8-4)103-86(91)73-69-65-61-57-53-49-46-42-37-34-31-27-23-19-15-11-7-3/h81-83,88H,5-80H2,1-4H3,(H,93,94)(H,95,96)/t81-,82+,83+/m0/s1. The minimum absolute atomic E-state index is 0.109. The van der Waals surface area contributed by atoms with Gasteiger partial charge in [-0.05, 0) is 25.7 Å². The molecule has 0 aliphatic heterocycles. The van der Waals surface area contributed by atoms with Gasteiger partial charge in [-0.2, -0.15) is 0 Å². The quantitative estimate of drug-likeness (QED) is 0.0222. The maximum Gasteiger partial charge on any atom is 0.472 e. The molecule has 0 spiro atoms. The average molecular weight is 1550 g/mol. The molecule has 0 saturated heterocycles. The van der Waals surface area contributed by atoms with Gasteiger partial charge in [-0.3, -0.25) is 37.3 Å². The molecule has 17 nitrogen and oxygen atoms in total. The molecule has 0 radical (unpaired) electrons. The lowest BCUT2D eigenvalue weighted by molar-refractivity contribution is -0.161. The van der Waals surface area contributed by atoms with Crippen molar-refractivity contribution in [1.82, 2.24) is 0 Å². The maximum absolute atomic E-state index is 13.2. The third kappa shape index (κ3) is 80.1. The summed E-state index contributed by atoms with van der Waals surface area (Å²) >= 11 is 0. The normalized spacial score (nSPS) is 13.7. The lowest BCUT2D eigenvalue weighted by Gasteiger charge is -2.21. The van der Waals surface area contributed by atoms with Crippen LogP contribution in [0.5, 0.6) is 0 Å². The fraction of sp³-hybridized carbons (Fsp3) is 0.954. The smallest absolute Gasteiger partial charge is 0.462 e. The van der Waals surface area contributed by atoms with Gasteiger partial charge in [0.25, 0.3) is 0 Å². The largest absolute Gasteiger partial charge is 0.472 e. The molecule has 19 heteroatoms. The van der Waals surface area contributed by atoms with E-state index in [1.165, 1.54) is 308 Å². The Balaban J connectivity index is 5.24. The molecule has 0 amide bonds. The molecule has 0 aromatic heterocycles. The van der Waals surface area contributed by atoms with Crippen LogP contribution in [0.1, 0.15) is 477 Å². The second-order valence-corrected chi connectivity index (χ2v) is 34.2. The van der Waals surface area contributed by atoms with E-state index in [2.05, 4.69) is 27.7 Å². The fourth-order valence-corrected chi connectivity index (χ4v) is 15.3. The van der Waals surface area contributed by atoms with E-state index in [1.54, 1.807) is 0 Å². The minimum Gasteiger partial charge on any atom is -0.462 e. The number of ether oxygens (including phenoxy) is 4. The van der Waals surface area contributed by atoms with Crippen molar-refractivity contribution in [2.75, 3.05) is 39.6 Å². The summed E-state index contributed by atoms with van der Waals surface area (Å²) in [4.78, 5) is 73.3. The molecule has 106 heavy (non-hydrogen) atoms. The maximum atomic E-state index is 13.2. The SMILES string of the molecule is CCCCCCCCCCCCCCCCCCCCCCC(=O)O[C@H](COC(=O)CCCCCCCCCCCCCCCCCCCC)COP(=O)(O)OC[C@@H](O)COP(=O)(O)OC[C@@H](COC(=O)CCCCCCCCCCCCC)OC(=O)CCCCCCCCCCCCCCCCCCC. The van der Waals surface area contributed by atoms with Gasteiger partial charge in [0.1, 0.15) is 19.3 Å². The van der Waals surface area contributed by atoms with Gasteiger partial charge in [-0.25, -0.2) is 9.13 Å². The zero-order chi connectivity index (χ0) is 77.4. The Labute approximate surface area is 651 Å². The topological polar surface area (TPSA) is 237 Å². The summed E-state index contributed by atoms with van der Waals surface area (Å²) in [5, 5.41) is 10.7. The van der Waals surface area contributed by atoms with Crippen LogP contribution in [0.25, 0.3) is 0 Å². The molecule has 0 heterocycles. The highest BCUT2D eigenvalue weighted by Gasteiger charge is 2.30. The molecular weight excluding hydrogens is 1380 g/mol. The Morgan fingerprint density at radius 3 is 0.557 bits per heavy atom. The number of hydrogen-bond acceptors (Lipinski definition) is 15. The number of phosphoric ester groups is 2. The third-order valence-corrected chi connectivity index (χ3v) is 22.5. The van der Waals surface area contributed by atoms with Crippen LogP contribution in [0.3, 0.4) is 0 Å². The molecule has 0 aromatic carbocycles. The highest BCUT2D eigenvalue weighted by atomic mass is 31.2. The zero-order valence-corrected chi connectivity index (χ0v) is 71.2. The third-order valence-electron chi connectivity index (χ3n) is 20.6. The first-order valence-corrected chi connectivity index (χ1v) is 48.3. The van der Waals surface area contributed by atoms with Crippen molar-refractivity contribution < 1.29 is 80.2 Å². The molecule has 0 aliphatic carbocycles. The second kappa shape index (κ2) is 81.1. The first kappa shape index (κ1) is 104. The summed E-state index contributed by atoms with van der Waals surface area (Å²) in [5.74, 6) is -2.09. The summed E-state index contributed by atoms with van der Waals surface area (Å²) in [6, 6.07) is 0. The van der Waals surface area contributed by atoms with Crippen molar-refractivity contribution in [2.45, 2.75) is 495 Å². The van der Waals surface area contributed by atoms with Crippen molar-refractivity contribution in [2.24, 2.45) is 0 Å². The number of esters is 4. The first-order valence-electron chi connectivity index (χ1n) is 45.3. The molecule has 0 bridgehead atoms. The van der Waals surface area contributed by atoms with E-state index in [0.29, 0.717) is 25.7 Å². The summed E-state index contributed by atoms with van der Waals surface area (Å²) in [7, 11) is -9.93. The van der Waals surface area contributed by atoms with Gasteiger partial charge in [0.05, 0.1) is 26.4 Å².